The third-order valence-electron chi connectivity index (χ3n) is 6.57. The molecule has 0 spiro atoms. The lowest BCUT2D eigenvalue weighted by atomic mass is 10.0. The number of hydrogen-bond donors (Lipinski definition) is 5. The molecule has 3 rings (SSSR count). The number of carbonyl (C=O) groups is 4. The normalized spacial score (nSPS) is 12.1. The van der Waals surface area contributed by atoms with Gasteiger partial charge in [-0.3, -0.25) is 19.2 Å². The lowest BCUT2D eigenvalue weighted by Crippen LogP contribution is -2.55. The Hall–Kier alpha value is -5.06. The number of rotatable bonds is 15. The zero-order chi connectivity index (χ0) is 31.4. The summed E-state index contributed by atoms with van der Waals surface area (Å²) in [6.07, 6.45) is -0.240. The Morgan fingerprint density at radius 2 is 1.58 bits per heavy atom. The number of carbonyl (C=O) groups excluding carboxylic acids is 4. The number of ether oxygens (including phenoxy) is 2. The molecule has 0 aromatic heterocycles. The summed E-state index contributed by atoms with van der Waals surface area (Å²) in [5, 5.41) is 18.3. The van der Waals surface area contributed by atoms with Crippen LogP contribution in [-0.4, -0.2) is 47.9 Å². The molecule has 0 saturated heterocycles. The van der Waals surface area contributed by atoms with Crippen molar-refractivity contribution in [3.05, 3.63) is 83.9 Å². The van der Waals surface area contributed by atoms with Gasteiger partial charge in [0, 0.05) is 24.6 Å². The Bertz CT molecular complexity index is 1410. The summed E-state index contributed by atoms with van der Waals surface area (Å²) in [5.41, 5.74) is 6.43. The van der Waals surface area contributed by atoms with Crippen LogP contribution in [0.25, 0.3) is 0 Å². The lowest BCUT2D eigenvalue weighted by molar-refractivity contribution is -0.133. The van der Waals surface area contributed by atoms with Gasteiger partial charge < -0.3 is 36.3 Å². The maximum Gasteiger partial charge on any atom is 0.243 e. The van der Waals surface area contributed by atoms with Crippen molar-refractivity contribution in [1.29, 1.82) is 0 Å². The standard InChI is InChI=1S/C32H38N4O7/c1-20(2)30(32(41)34-19-22-12-13-24(42-3)18-27(22)37)36-31(40)26(14-15-28(33)38)35-29(39)17-21-8-7-11-25(16-21)43-23-9-5-4-6-10-23/h4-13,16,18,20,26,30,37H,14-15,17,19H2,1-3H3,(H2,33,38)(H,34,41)(H,35,39)(H,36,40)/t26-,30-/m0/s1. The number of phenols is 1. The molecule has 11 heteroatoms. The third kappa shape index (κ3) is 10.4. The van der Waals surface area contributed by atoms with E-state index in [0.29, 0.717) is 28.4 Å². The van der Waals surface area contributed by atoms with Crippen LogP contribution in [0.1, 0.15) is 37.8 Å². The zero-order valence-corrected chi connectivity index (χ0v) is 24.5. The van der Waals surface area contributed by atoms with Gasteiger partial charge in [-0.25, -0.2) is 0 Å². The predicted octanol–water partition coefficient (Wildman–Crippen LogP) is 2.94. The van der Waals surface area contributed by atoms with Gasteiger partial charge in [-0.15, -0.1) is 0 Å². The molecule has 3 aromatic carbocycles. The molecule has 0 fully saturated rings. The number of phenolic OH excluding ortho intramolecular Hbond substituents is 1. The first kappa shape index (κ1) is 32.5. The van der Waals surface area contributed by atoms with Gasteiger partial charge in [-0.1, -0.05) is 44.2 Å². The van der Waals surface area contributed by atoms with Crippen molar-refractivity contribution >= 4 is 23.6 Å². The molecule has 228 valence electrons. The lowest BCUT2D eigenvalue weighted by Gasteiger charge is -2.25. The monoisotopic (exact) mass is 590 g/mol. The van der Waals surface area contributed by atoms with E-state index in [-0.39, 0.29) is 37.5 Å². The number of methoxy groups -OCH3 is 1. The highest BCUT2D eigenvalue weighted by Crippen LogP contribution is 2.24. The summed E-state index contributed by atoms with van der Waals surface area (Å²) in [5.74, 6) is -0.880. The molecule has 43 heavy (non-hydrogen) atoms. The van der Waals surface area contributed by atoms with Crippen LogP contribution in [0.5, 0.6) is 23.0 Å². The van der Waals surface area contributed by atoms with Crippen molar-refractivity contribution < 1.29 is 33.8 Å². The van der Waals surface area contributed by atoms with Crippen molar-refractivity contribution in [2.24, 2.45) is 11.7 Å². The van der Waals surface area contributed by atoms with E-state index in [1.165, 1.54) is 13.2 Å². The quantitative estimate of drug-likeness (QED) is 0.181. The van der Waals surface area contributed by atoms with E-state index in [1.807, 2.05) is 30.3 Å². The zero-order valence-electron chi connectivity index (χ0n) is 24.5. The molecule has 0 radical (unpaired) electrons. The van der Waals surface area contributed by atoms with E-state index < -0.39 is 35.7 Å². The topological polar surface area (TPSA) is 169 Å². The smallest absolute Gasteiger partial charge is 0.243 e. The summed E-state index contributed by atoms with van der Waals surface area (Å²) in [7, 11) is 1.48. The summed E-state index contributed by atoms with van der Waals surface area (Å²) in [6.45, 7) is 3.54. The Kier molecular flexibility index (Phi) is 11.9. The third-order valence-corrected chi connectivity index (χ3v) is 6.57. The van der Waals surface area contributed by atoms with Crippen LogP contribution in [0.15, 0.2) is 72.8 Å². The highest BCUT2D eigenvalue weighted by Gasteiger charge is 2.29. The Balaban J connectivity index is 1.64. The second-order valence-electron chi connectivity index (χ2n) is 10.3. The average Bonchev–Trinajstić information content (AvgIpc) is 2.97. The first-order valence-corrected chi connectivity index (χ1v) is 13.9. The fourth-order valence-corrected chi connectivity index (χ4v) is 4.23. The van der Waals surface area contributed by atoms with Crippen LogP contribution in [-0.2, 0) is 32.1 Å². The molecule has 0 saturated carbocycles. The first-order valence-electron chi connectivity index (χ1n) is 13.9. The minimum absolute atomic E-state index is 0.0165. The van der Waals surface area contributed by atoms with Crippen LogP contribution in [0.3, 0.4) is 0 Å². The van der Waals surface area contributed by atoms with E-state index >= 15 is 0 Å². The van der Waals surface area contributed by atoms with Crippen LogP contribution >= 0.6 is 0 Å². The van der Waals surface area contributed by atoms with Gasteiger partial charge in [0.1, 0.15) is 35.1 Å². The Morgan fingerprint density at radius 1 is 0.860 bits per heavy atom. The van der Waals surface area contributed by atoms with Crippen LogP contribution in [0.2, 0.25) is 0 Å². The molecule has 2 atom stereocenters. The van der Waals surface area contributed by atoms with Gasteiger partial charge in [0.05, 0.1) is 13.5 Å². The molecule has 0 heterocycles. The van der Waals surface area contributed by atoms with E-state index in [4.69, 9.17) is 15.2 Å². The van der Waals surface area contributed by atoms with E-state index in [1.54, 1.807) is 50.2 Å². The number of nitrogens with one attached hydrogen (secondary N) is 3. The maximum absolute atomic E-state index is 13.3. The number of nitrogens with two attached hydrogens (primary N) is 1. The fraction of sp³-hybridized carbons (Fsp3) is 0.312. The summed E-state index contributed by atoms with van der Waals surface area (Å²) < 4.78 is 10.9. The number of hydrogen-bond acceptors (Lipinski definition) is 7. The SMILES string of the molecule is COc1ccc(CNC(=O)[C@@H](NC(=O)[C@H](CCC(N)=O)NC(=O)Cc2cccc(Oc3ccccc3)c2)C(C)C)c(O)c1. The van der Waals surface area contributed by atoms with Gasteiger partial charge in [0.2, 0.25) is 23.6 Å². The van der Waals surface area contributed by atoms with Gasteiger partial charge in [0.25, 0.3) is 0 Å². The summed E-state index contributed by atoms with van der Waals surface area (Å²) in [4.78, 5) is 50.8. The second-order valence-corrected chi connectivity index (χ2v) is 10.3. The number of aromatic hydroxyl groups is 1. The molecular weight excluding hydrogens is 552 g/mol. The largest absolute Gasteiger partial charge is 0.507 e. The first-order chi connectivity index (χ1) is 20.5. The minimum Gasteiger partial charge on any atom is -0.507 e. The molecule has 11 nitrogen and oxygen atoms in total. The van der Waals surface area contributed by atoms with Gasteiger partial charge >= 0.3 is 0 Å². The Labute approximate surface area is 250 Å². The molecule has 3 aromatic rings. The van der Waals surface area contributed by atoms with Crippen molar-refractivity contribution in [3.63, 3.8) is 0 Å². The molecule has 0 aliphatic carbocycles. The molecule has 0 aliphatic heterocycles. The van der Waals surface area contributed by atoms with Crippen molar-refractivity contribution in [1.82, 2.24) is 16.0 Å². The molecule has 6 N–H and O–H groups in total. The van der Waals surface area contributed by atoms with Crippen LogP contribution in [0, 0.1) is 5.92 Å². The van der Waals surface area contributed by atoms with Crippen LogP contribution < -0.4 is 31.2 Å². The predicted molar refractivity (Wildman–Crippen MR) is 160 cm³/mol. The molecule has 0 bridgehead atoms. The van der Waals surface area contributed by atoms with E-state index in [0.717, 1.165) is 0 Å². The van der Waals surface area contributed by atoms with Crippen molar-refractivity contribution in [2.75, 3.05) is 7.11 Å². The number of para-hydroxylation sites is 1. The fourth-order valence-electron chi connectivity index (χ4n) is 4.23. The van der Waals surface area contributed by atoms with E-state index in [9.17, 15) is 24.3 Å². The van der Waals surface area contributed by atoms with Crippen molar-refractivity contribution in [3.8, 4) is 23.0 Å². The van der Waals surface area contributed by atoms with Gasteiger partial charge in [-0.2, -0.15) is 0 Å². The molecular formula is C32H38N4O7. The number of amides is 4. The summed E-state index contributed by atoms with van der Waals surface area (Å²) >= 11 is 0. The van der Waals surface area contributed by atoms with Gasteiger partial charge in [0.15, 0.2) is 0 Å². The number of primary amides is 1. The van der Waals surface area contributed by atoms with Crippen LogP contribution in [0.4, 0.5) is 0 Å². The van der Waals surface area contributed by atoms with E-state index in [2.05, 4.69) is 16.0 Å². The number of benzene rings is 3. The Morgan fingerprint density at radius 3 is 2.23 bits per heavy atom. The summed E-state index contributed by atoms with van der Waals surface area (Å²) in [6, 6.07) is 18.9. The average molecular weight is 591 g/mol. The maximum atomic E-state index is 13.3. The van der Waals surface area contributed by atoms with Crippen molar-refractivity contribution in [2.45, 2.75) is 51.7 Å². The molecule has 4 amide bonds. The van der Waals surface area contributed by atoms with Gasteiger partial charge in [-0.05, 0) is 54.3 Å². The molecule has 0 unspecified atom stereocenters. The highest BCUT2D eigenvalue weighted by molar-refractivity contribution is 5.93. The minimum atomic E-state index is -1.11. The highest BCUT2D eigenvalue weighted by atomic mass is 16.5. The molecule has 0 aliphatic rings. The second kappa shape index (κ2) is 15.8.